The molecular weight excluding hydrogens is 1380 g/mol. The number of nitrogens with zero attached hydrogens (tertiary/aromatic N) is 12. The third kappa shape index (κ3) is 13.5. The topological polar surface area (TPSA) is 68.5 Å². The first-order valence-corrected chi connectivity index (χ1v) is 38.6. The number of benzene rings is 11. The van der Waals surface area contributed by atoms with Crippen molar-refractivity contribution in [1.29, 1.82) is 0 Å². The molecule has 10 aromatic heterocycles. The van der Waals surface area contributed by atoms with Crippen LogP contribution >= 0.6 is 0 Å². The van der Waals surface area contributed by atoms with Gasteiger partial charge in [-0.2, -0.15) is 22.5 Å². The highest BCUT2D eigenvalue weighted by molar-refractivity contribution is 6.14. The van der Waals surface area contributed by atoms with Gasteiger partial charge < -0.3 is 0 Å². The highest BCUT2D eigenvalue weighted by Gasteiger charge is 2.27. The lowest BCUT2D eigenvalue weighted by molar-refractivity contribution is -0.665. The van der Waals surface area contributed by atoms with E-state index in [1.54, 1.807) is 6.20 Å². The minimum absolute atomic E-state index is 1.01. The van der Waals surface area contributed by atoms with E-state index in [0.717, 1.165) is 11.5 Å². The molecule has 0 saturated carbocycles. The Morgan fingerprint density at radius 2 is 0.814 bits per heavy atom. The van der Waals surface area contributed by atoms with Crippen LogP contribution in [0, 0.1) is 48.5 Å². The number of para-hydroxylation sites is 8. The van der Waals surface area contributed by atoms with Gasteiger partial charge in [0.25, 0.3) is 22.8 Å². The molecule has 0 spiro atoms. The van der Waals surface area contributed by atoms with Crippen LogP contribution in [0.5, 0.6) is 0 Å². The van der Waals surface area contributed by atoms with Gasteiger partial charge in [-0.3, -0.25) is 4.98 Å². The van der Waals surface area contributed by atoms with Crippen LogP contribution in [0.25, 0.3) is 144 Å². The largest absolute Gasteiger partial charge is 0.330 e. The van der Waals surface area contributed by atoms with Crippen LogP contribution in [-0.4, -0.2) is 28.1 Å². The minimum atomic E-state index is 1.01. The molecule has 0 fully saturated rings. The molecule has 0 N–H and O–H groups in total. The van der Waals surface area contributed by atoms with Crippen LogP contribution in [0.15, 0.2) is 335 Å². The van der Waals surface area contributed by atoms with E-state index < -0.39 is 0 Å². The molecule has 21 aromatic rings. The van der Waals surface area contributed by atoms with E-state index in [1.807, 2.05) is 61.6 Å². The van der Waals surface area contributed by atoms with Crippen molar-refractivity contribution >= 4 is 109 Å². The summed E-state index contributed by atoms with van der Waals surface area (Å²) < 4.78 is 22.5. The third-order valence-electron chi connectivity index (χ3n) is 22.3. The van der Waals surface area contributed by atoms with Gasteiger partial charge in [0, 0.05) is 56.8 Å². The number of aromatic nitrogens is 12. The molecule has 113 heavy (non-hydrogen) atoms. The molecule has 0 amide bonds. The molecule has 0 aliphatic heterocycles. The van der Waals surface area contributed by atoms with Gasteiger partial charge in [-0.15, -0.1) is 0 Å². The smallest absolute Gasteiger partial charge is 0.252 e. The van der Waals surface area contributed by atoms with E-state index in [4.69, 9.17) is 0 Å². The first kappa shape index (κ1) is 73.3. The Hall–Kier alpha value is -13.8. The lowest BCUT2D eigenvalue weighted by atomic mass is 10.0. The van der Waals surface area contributed by atoms with Gasteiger partial charge in [-0.25, -0.2) is 22.8 Å². The van der Waals surface area contributed by atoms with E-state index in [9.17, 15) is 0 Å². The minimum Gasteiger partial charge on any atom is -0.252 e. The number of rotatable bonds is 4. The van der Waals surface area contributed by atoms with Crippen molar-refractivity contribution in [2.24, 2.45) is 42.3 Å². The second-order valence-corrected chi connectivity index (χ2v) is 29.5. The third-order valence-corrected chi connectivity index (χ3v) is 22.3. The molecule has 21 rings (SSSR count). The van der Waals surface area contributed by atoms with Crippen LogP contribution in [0.4, 0.5) is 0 Å². The zero-order valence-corrected chi connectivity index (χ0v) is 66.6. The van der Waals surface area contributed by atoms with E-state index >= 15 is 0 Å². The van der Waals surface area contributed by atoms with Crippen LogP contribution in [-0.2, 0) is 42.3 Å². The van der Waals surface area contributed by atoms with Crippen LogP contribution < -0.4 is 27.2 Å². The summed E-state index contributed by atoms with van der Waals surface area (Å²) in [4.78, 5) is 8.51. The highest BCUT2D eigenvalue weighted by Crippen LogP contribution is 2.37. The van der Waals surface area contributed by atoms with Crippen molar-refractivity contribution < 1.29 is 27.2 Å². The van der Waals surface area contributed by atoms with Crippen molar-refractivity contribution in [3.05, 3.63) is 374 Å². The molecule has 0 aliphatic rings. The maximum atomic E-state index is 4.37. The van der Waals surface area contributed by atoms with Gasteiger partial charge in [0.05, 0.1) is 93.5 Å². The van der Waals surface area contributed by atoms with Crippen molar-refractivity contribution in [1.82, 2.24) is 28.1 Å². The monoisotopic (exact) mass is 1470 g/mol. The molecule has 0 bridgehead atoms. The Labute approximate surface area is 659 Å². The molecule has 10 heterocycles. The number of fused-ring (bicyclic) bond motifs is 20. The normalized spacial score (nSPS) is 11.2. The number of imidazole rings is 2. The number of hydrogen-bond donors (Lipinski definition) is 0. The predicted molar refractivity (Wildman–Crippen MR) is 463 cm³/mol. The van der Waals surface area contributed by atoms with Crippen molar-refractivity contribution in [2.75, 3.05) is 0 Å². The molecule has 0 atom stereocenters. The molecule has 12 nitrogen and oxygen atoms in total. The zero-order chi connectivity index (χ0) is 78.1. The van der Waals surface area contributed by atoms with Gasteiger partial charge >= 0.3 is 5.82 Å². The Balaban J connectivity index is 0.000000103. The van der Waals surface area contributed by atoms with E-state index in [0.29, 0.717) is 0 Å². The molecule has 0 saturated heterocycles. The van der Waals surface area contributed by atoms with Crippen LogP contribution in [0.2, 0.25) is 0 Å². The van der Waals surface area contributed by atoms with Crippen molar-refractivity contribution in [3.63, 3.8) is 0 Å². The van der Waals surface area contributed by atoms with E-state index in [-0.39, 0.29) is 0 Å². The lowest BCUT2D eigenvalue weighted by Gasteiger charge is -2.06. The van der Waals surface area contributed by atoms with Gasteiger partial charge in [0.2, 0.25) is 5.69 Å². The standard InChI is InChI=1S/C21H17N2.2C19H17N2.C18H17N2.2C12H13N2/c1-14-8-7-10-16-15-9-3-4-11-17(15)23-19-13-6-5-12-18(19)22(2)21(23)20(14)16;1-14-8-3-5-11-17(14)21-18-12-6-4-9-15(18)16-10-7-13-20(2)19(16)21;1-14-8-7-10-16-15-9-3-4-11-17(15)21(19(14)16)18-12-5-6-13-20(18)2;1-12-7-6-9-15-14-8-4-5-10-16(14)20-11-13(2)19(3)18(20)17(12)15;1-10-6-3-4-7-11(10)12-13-8-5-9-14(12)2;1-10-5-3-4-6-11(10)12-9-13-7-8-14(12)2/h3-13H,1-2H3;2*3-13H,1-2H3;4-11H,1-3H3;2*3-9H,1-2H3/q6*+1. The summed E-state index contributed by atoms with van der Waals surface area (Å²) in [6, 6.07) is 101. The molecule has 12 heteroatoms. The fraction of sp³-hybridized carbons (Fsp3) is 0.129. The second-order valence-electron chi connectivity index (χ2n) is 29.5. The predicted octanol–water partition coefficient (Wildman–Crippen LogP) is 19.8. The molecule has 0 radical (unpaired) electrons. The quantitative estimate of drug-likeness (QED) is 0.130. The maximum absolute atomic E-state index is 4.37. The Bertz CT molecular complexity index is 6860. The fourth-order valence-corrected chi connectivity index (χ4v) is 16.6. The number of aryl methyl sites for hydroxylation is 13. The van der Waals surface area contributed by atoms with Crippen LogP contribution in [0.1, 0.15) is 39.1 Å². The first-order valence-electron chi connectivity index (χ1n) is 38.6. The Morgan fingerprint density at radius 3 is 1.48 bits per heavy atom. The fourth-order valence-electron chi connectivity index (χ4n) is 16.6. The van der Waals surface area contributed by atoms with Gasteiger partial charge in [0.15, 0.2) is 17.2 Å². The van der Waals surface area contributed by atoms with Crippen LogP contribution in [0.3, 0.4) is 0 Å². The van der Waals surface area contributed by atoms with Crippen molar-refractivity contribution in [3.8, 4) is 34.2 Å². The average molecular weight is 1480 g/mol. The summed E-state index contributed by atoms with van der Waals surface area (Å²) in [5, 5.41) is 13.2. The van der Waals surface area contributed by atoms with Gasteiger partial charge in [-0.1, -0.05) is 182 Å². The van der Waals surface area contributed by atoms with E-state index in [2.05, 4.69) is 413 Å². The first-order chi connectivity index (χ1) is 55.1. The molecule has 0 unspecified atom stereocenters. The zero-order valence-electron chi connectivity index (χ0n) is 66.6. The Morgan fingerprint density at radius 1 is 0.319 bits per heavy atom. The summed E-state index contributed by atoms with van der Waals surface area (Å²) in [6.45, 7) is 15.1. The van der Waals surface area contributed by atoms with E-state index in [1.165, 1.54) is 171 Å². The summed E-state index contributed by atoms with van der Waals surface area (Å²) in [5.41, 5.74) is 26.4. The summed E-state index contributed by atoms with van der Waals surface area (Å²) in [7, 11) is 12.5. The van der Waals surface area contributed by atoms with Gasteiger partial charge in [-0.05, 0) is 171 Å². The molecule has 0 aliphatic carbocycles. The Kier molecular flexibility index (Phi) is 20.3. The average Bonchev–Trinajstić information content (AvgIpc) is 1.64. The molecular formula is C101H94N12+6. The number of pyridine rings is 4. The number of hydrogen-bond acceptors (Lipinski definition) is 2. The second kappa shape index (κ2) is 31.3. The van der Waals surface area contributed by atoms with Crippen molar-refractivity contribution in [2.45, 2.75) is 48.5 Å². The molecule has 11 aromatic carbocycles. The highest BCUT2D eigenvalue weighted by atomic mass is 15.1. The summed E-state index contributed by atoms with van der Waals surface area (Å²) >= 11 is 0. The SMILES string of the molecule is Cc1cccc2c3ccccc3[n+]3cc(C)n(C)c3c12.Cc1cccc2c3ccccc3n(-c3cccc[n+]3C)c12.Cc1cccc2c3ccccc3n3c4ccccc4[n+](C)c3c12.Cc1ccccc1-c1cncc[n+]1C.Cc1ccccc1-c1nccc[n+]1C.Cc1ccccc1-n1c2ccccc2c2ccc[n+](C)c21. The lowest BCUT2D eigenvalue weighted by Crippen LogP contribution is -2.33. The summed E-state index contributed by atoms with van der Waals surface area (Å²) in [6.07, 6.45) is 15.9. The summed E-state index contributed by atoms with van der Waals surface area (Å²) in [5.74, 6) is 2.18. The van der Waals surface area contributed by atoms with Gasteiger partial charge in [0.1, 0.15) is 58.4 Å². The molecule has 552 valence electrons. The maximum Gasteiger partial charge on any atom is 0.330 e.